The van der Waals surface area contributed by atoms with Gasteiger partial charge in [-0.2, -0.15) is 4.98 Å². The highest BCUT2D eigenvalue weighted by Crippen LogP contribution is 2.30. The number of aliphatic hydroxyl groups is 1. The smallest absolute Gasteiger partial charge is 0.225 e. The van der Waals surface area contributed by atoms with Crippen molar-refractivity contribution in [3.05, 3.63) is 11.4 Å². The molecule has 20 heavy (non-hydrogen) atoms. The molecule has 2 heterocycles. The van der Waals surface area contributed by atoms with E-state index >= 15 is 0 Å². The molecule has 0 unspecified atom stereocenters. The maximum Gasteiger partial charge on any atom is 0.225 e. The first-order valence-corrected chi connectivity index (χ1v) is 7.83. The van der Waals surface area contributed by atoms with Crippen LogP contribution in [0.25, 0.3) is 10.2 Å². The first-order valence-electron chi connectivity index (χ1n) is 6.95. The van der Waals surface area contributed by atoms with E-state index in [9.17, 15) is 5.11 Å². The summed E-state index contributed by atoms with van der Waals surface area (Å²) in [5.74, 6) is 1.45. The molecule has 110 valence electrons. The van der Waals surface area contributed by atoms with Gasteiger partial charge in [0.15, 0.2) is 0 Å². The van der Waals surface area contributed by atoms with E-state index in [4.69, 9.17) is 0 Å². The largest absolute Gasteiger partial charge is 0.396 e. The van der Waals surface area contributed by atoms with E-state index in [0.29, 0.717) is 12.5 Å². The van der Waals surface area contributed by atoms with Crippen LogP contribution in [0.15, 0.2) is 11.4 Å². The fourth-order valence-corrected chi connectivity index (χ4v) is 2.92. The zero-order valence-electron chi connectivity index (χ0n) is 12.2. The lowest BCUT2D eigenvalue weighted by Gasteiger charge is -2.29. The third kappa shape index (κ3) is 2.86. The lowest BCUT2D eigenvalue weighted by atomic mass is 9.83. The number of aliphatic hydroxyl groups excluding tert-OH is 1. The van der Waals surface area contributed by atoms with Crippen LogP contribution in [-0.2, 0) is 0 Å². The van der Waals surface area contributed by atoms with Gasteiger partial charge in [-0.05, 0) is 24.3 Å². The molecule has 0 spiro atoms. The molecule has 0 fully saturated rings. The summed E-state index contributed by atoms with van der Waals surface area (Å²) in [5, 5.41) is 19.1. The van der Waals surface area contributed by atoms with E-state index in [2.05, 4.69) is 34.4 Å². The van der Waals surface area contributed by atoms with Crippen molar-refractivity contribution in [2.45, 2.75) is 26.7 Å². The Morgan fingerprint density at radius 2 is 2.05 bits per heavy atom. The monoisotopic (exact) mass is 294 g/mol. The van der Waals surface area contributed by atoms with Crippen molar-refractivity contribution >= 4 is 33.3 Å². The zero-order valence-corrected chi connectivity index (χ0v) is 13.0. The molecule has 5 nitrogen and oxygen atoms in total. The second-order valence-electron chi connectivity index (χ2n) is 5.00. The van der Waals surface area contributed by atoms with E-state index in [1.807, 2.05) is 18.5 Å². The van der Waals surface area contributed by atoms with Gasteiger partial charge in [0.25, 0.3) is 0 Å². The van der Waals surface area contributed by atoms with Gasteiger partial charge in [0, 0.05) is 19.0 Å². The van der Waals surface area contributed by atoms with Gasteiger partial charge >= 0.3 is 0 Å². The number of hydrogen-bond donors (Lipinski definition) is 3. The van der Waals surface area contributed by atoms with E-state index < -0.39 is 0 Å². The van der Waals surface area contributed by atoms with E-state index in [1.54, 1.807) is 11.3 Å². The van der Waals surface area contributed by atoms with Gasteiger partial charge in [0.05, 0.1) is 12.0 Å². The van der Waals surface area contributed by atoms with Crippen LogP contribution in [0.2, 0.25) is 0 Å². The Balaban J connectivity index is 2.26. The SMILES string of the molecule is CCC(CC)(CO)CNc1nc(NC)nc2sccc12. The number of nitrogens with one attached hydrogen (secondary N) is 2. The first-order chi connectivity index (χ1) is 9.68. The highest BCUT2D eigenvalue weighted by Gasteiger charge is 2.25. The molecule has 2 aromatic heterocycles. The quantitative estimate of drug-likeness (QED) is 0.732. The van der Waals surface area contributed by atoms with Crippen molar-refractivity contribution in [3.8, 4) is 0 Å². The summed E-state index contributed by atoms with van der Waals surface area (Å²) >= 11 is 1.60. The summed E-state index contributed by atoms with van der Waals surface area (Å²) in [6, 6.07) is 2.03. The van der Waals surface area contributed by atoms with Crippen molar-refractivity contribution in [1.29, 1.82) is 0 Å². The van der Waals surface area contributed by atoms with Crippen molar-refractivity contribution in [2.24, 2.45) is 5.41 Å². The average Bonchev–Trinajstić information content (AvgIpc) is 2.97. The highest BCUT2D eigenvalue weighted by atomic mass is 32.1. The third-order valence-corrected chi connectivity index (χ3v) is 4.82. The number of thiophene rings is 1. The maximum atomic E-state index is 9.65. The predicted molar refractivity (Wildman–Crippen MR) is 85.6 cm³/mol. The van der Waals surface area contributed by atoms with Crippen LogP contribution in [0, 0.1) is 5.41 Å². The lowest BCUT2D eigenvalue weighted by Crippen LogP contribution is -2.32. The van der Waals surface area contributed by atoms with Gasteiger partial charge in [-0.15, -0.1) is 11.3 Å². The third-order valence-electron chi connectivity index (χ3n) is 4.01. The molecular formula is C14H22N4OS. The van der Waals surface area contributed by atoms with E-state index in [1.165, 1.54) is 0 Å². The van der Waals surface area contributed by atoms with Crippen LogP contribution in [0.3, 0.4) is 0 Å². The standard InChI is InChI=1S/C14H22N4OS/c1-4-14(5-2,9-19)8-16-11-10-6-7-20-12(10)18-13(15-3)17-11/h6-7,19H,4-5,8-9H2,1-3H3,(H2,15,16,17,18). The second kappa shape index (κ2) is 6.37. The Hall–Kier alpha value is -1.40. The van der Waals surface area contributed by atoms with Gasteiger partial charge in [-0.3, -0.25) is 0 Å². The normalized spacial score (nSPS) is 11.8. The minimum Gasteiger partial charge on any atom is -0.396 e. The lowest BCUT2D eigenvalue weighted by molar-refractivity contribution is 0.127. The molecule has 0 aliphatic heterocycles. The van der Waals surface area contributed by atoms with Crippen LogP contribution < -0.4 is 10.6 Å². The molecule has 0 saturated heterocycles. The molecule has 0 aliphatic carbocycles. The number of fused-ring (bicyclic) bond motifs is 1. The topological polar surface area (TPSA) is 70.1 Å². The molecule has 0 radical (unpaired) electrons. The van der Waals surface area contributed by atoms with Crippen molar-refractivity contribution in [2.75, 3.05) is 30.8 Å². The van der Waals surface area contributed by atoms with Gasteiger partial charge < -0.3 is 15.7 Å². The summed E-state index contributed by atoms with van der Waals surface area (Å²) in [6.45, 7) is 5.12. The second-order valence-corrected chi connectivity index (χ2v) is 5.90. The molecule has 3 N–H and O–H groups in total. The molecule has 0 atom stereocenters. The summed E-state index contributed by atoms with van der Waals surface area (Å²) < 4.78 is 0. The summed E-state index contributed by atoms with van der Waals surface area (Å²) in [7, 11) is 1.81. The number of rotatable bonds is 7. The van der Waals surface area contributed by atoms with Gasteiger partial charge in [0.1, 0.15) is 10.6 Å². The molecule has 2 rings (SSSR count). The molecule has 0 saturated carbocycles. The molecule has 0 aliphatic rings. The Morgan fingerprint density at radius 1 is 1.30 bits per heavy atom. The Bertz CT molecular complexity index is 557. The molecule has 6 heteroatoms. The summed E-state index contributed by atoms with van der Waals surface area (Å²) in [6.07, 6.45) is 1.87. The Morgan fingerprint density at radius 3 is 2.65 bits per heavy atom. The van der Waals surface area contributed by atoms with Crippen LogP contribution in [0.1, 0.15) is 26.7 Å². The highest BCUT2D eigenvalue weighted by molar-refractivity contribution is 7.16. The number of anilines is 2. The fraction of sp³-hybridized carbons (Fsp3) is 0.571. The van der Waals surface area contributed by atoms with E-state index in [0.717, 1.165) is 28.9 Å². The van der Waals surface area contributed by atoms with Crippen molar-refractivity contribution in [3.63, 3.8) is 0 Å². The molecular weight excluding hydrogens is 272 g/mol. The first kappa shape index (κ1) is 15.0. The average molecular weight is 294 g/mol. The van der Waals surface area contributed by atoms with Crippen LogP contribution in [0.4, 0.5) is 11.8 Å². The minimum atomic E-state index is -0.0902. The number of hydrogen-bond acceptors (Lipinski definition) is 6. The van der Waals surface area contributed by atoms with Gasteiger partial charge in [0.2, 0.25) is 5.95 Å². The van der Waals surface area contributed by atoms with Crippen molar-refractivity contribution < 1.29 is 5.11 Å². The zero-order chi connectivity index (χ0) is 14.6. The molecule has 0 bridgehead atoms. The molecule has 0 aromatic carbocycles. The fourth-order valence-electron chi connectivity index (χ4n) is 2.15. The van der Waals surface area contributed by atoms with Gasteiger partial charge in [-0.1, -0.05) is 13.8 Å². The predicted octanol–water partition coefficient (Wildman–Crippen LogP) is 2.94. The molecule has 2 aromatic rings. The Kier molecular flexibility index (Phi) is 4.77. The maximum absolute atomic E-state index is 9.65. The van der Waals surface area contributed by atoms with Crippen LogP contribution in [-0.4, -0.2) is 35.3 Å². The van der Waals surface area contributed by atoms with Crippen LogP contribution >= 0.6 is 11.3 Å². The molecule has 0 amide bonds. The van der Waals surface area contributed by atoms with E-state index in [-0.39, 0.29) is 12.0 Å². The minimum absolute atomic E-state index is 0.0902. The number of nitrogens with zero attached hydrogens (tertiary/aromatic N) is 2. The van der Waals surface area contributed by atoms with Crippen molar-refractivity contribution in [1.82, 2.24) is 9.97 Å². The number of aromatic nitrogens is 2. The Labute approximate surface area is 123 Å². The summed E-state index contributed by atoms with van der Waals surface area (Å²) in [5.41, 5.74) is -0.0902. The van der Waals surface area contributed by atoms with Gasteiger partial charge in [-0.25, -0.2) is 4.98 Å². The van der Waals surface area contributed by atoms with Crippen LogP contribution in [0.5, 0.6) is 0 Å². The summed E-state index contributed by atoms with van der Waals surface area (Å²) in [4.78, 5) is 9.88.